The van der Waals surface area contributed by atoms with Crippen molar-refractivity contribution in [3.63, 3.8) is 0 Å². The van der Waals surface area contributed by atoms with Crippen LogP contribution < -0.4 is 0 Å². The third kappa shape index (κ3) is 2.73. The average Bonchev–Trinajstić information content (AvgIpc) is 3.17. The average molecular weight is 299 g/mol. The molecule has 0 saturated heterocycles. The van der Waals surface area contributed by atoms with Gasteiger partial charge < -0.3 is 9.15 Å². The van der Waals surface area contributed by atoms with E-state index in [1.807, 2.05) is 47.8 Å². The van der Waals surface area contributed by atoms with Crippen molar-refractivity contribution in [2.75, 3.05) is 6.61 Å². The first-order valence-electron chi connectivity index (χ1n) is 6.57. The molecular weight excluding hydrogens is 286 g/mol. The van der Waals surface area contributed by atoms with Gasteiger partial charge in [-0.15, -0.1) is 11.3 Å². The van der Waals surface area contributed by atoms with Gasteiger partial charge in [-0.2, -0.15) is 0 Å². The Hall–Kier alpha value is -2.40. The van der Waals surface area contributed by atoms with Crippen molar-refractivity contribution in [2.24, 2.45) is 0 Å². The number of rotatable bonds is 4. The lowest BCUT2D eigenvalue weighted by atomic mass is 10.2. The highest BCUT2D eigenvalue weighted by molar-refractivity contribution is 7.13. The molecule has 5 heteroatoms. The van der Waals surface area contributed by atoms with Gasteiger partial charge in [0.15, 0.2) is 11.5 Å². The maximum atomic E-state index is 12.1. The molecule has 0 atom stereocenters. The van der Waals surface area contributed by atoms with E-state index in [0.29, 0.717) is 18.3 Å². The van der Waals surface area contributed by atoms with Gasteiger partial charge in [0.25, 0.3) is 0 Å². The van der Waals surface area contributed by atoms with Crippen LogP contribution in [0.2, 0.25) is 0 Å². The van der Waals surface area contributed by atoms with Crippen molar-refractivity contribution in [1.29, 1.82) is 0 Å². The second-order valence-electron chi connectivity index (χ2n) is 4.26. The minimum absolute atomic E-state index is 0.221. The number of hydrogen-bond donors (Lipinski definition) is 0. The Morgan fingerprint density at radius 1 is 1.24 bits per heavy atom. The van der Waals surface area contributed by atoms with Gasteiger partial charge in [0.05, 0.1) is 11.5 Å². The van der Waals surface area contributed by atoms with Crippen LogP contribution in [0, 0.1) is 0 Å². The Morgan fingerprint density at radius 2 is 2.05 bits per heavy atom. The third-order valence-corrected chi connectivity index (χ3v) is 3.73. The fraction of sp³-hybridized carbons (Fsp3) is 0.125. The van der Waals surface area contributed by atoms with E-state index in [0.717, 1.165) is 10.4 Å². The molecule has 0 N–H and O–H groups in total. The highest BCUT2D eigenvalue weighted by Gasteiger charge is 2.23. The molecule has 0 saturated carbocycles. The van der Waals surface area contributed by atoms with Gasteiger partial charge in [-0.1, -0.05) is 24.3 Å². The van der Waals surface area contributed by atoms with Crippen LogP contribution in [-0.4, -0.2) is 17.6 Å². The molecule has 0 unspecified atom stereocenters. The smallest absolute Gasteiger partial charge is 0.361 e. The molecule has 106 valence electrons. The van der Waals surface area contributed by atoms with Crippen LogP contribution in [0.15, 0.2) is 52.3 Å². The molecule has 0 spiro atoms. The molecule has 0 bridgehead atoms. The molecule has 3 rings (SSSR count). The van der Waals surface area contributed by atoms with Crippen molar-refractivity contribution >= 4 is 17.3 Å². The molecule has 21 heavy (non-hydrogen) atoms. The summed E-state index contributed by atoms with van der Waals surface area (Å²) in [5, 5.41) is 1.93. The number of oxazole rings is 1. The Kier molecular flexibility index (Phi) is 3.83. The zero-order valence-electron chi connectivity index (χ0n) is 11.4. The lowest BCUT2D eigenvalue weighted by Gasteiger charge is -1.98. The van der Waals surface area contributed by atoms with E-state index in [-0.39, 0.29) is 5.69 Å². The summed E-state index contributed by atoms with van der Waals surface area (Å²) >= 11 is 1.49. The zero-order valence-corrected chi connectivity index (χ0v) is 12.2. The summed E-state index contributed by atoms with van der Waals surface area (Å²) in [7, 11) is 0. The van der Waals surface area contributed by atoms with Crippen molar-refractivity contribution in [1.82, 2.24) is 4.98 Å². The molecule has 1 aromatic carbocycles. The molecule has 0 radical (unpaired) electrons. The number of hydrogen-bond acceptors (Lipinski definition) is 5. The van der Waals surface area contributed by atoms with Gasteiger partial charge in [-0.3, -0.25) is 0 Å². The Bertz CT molecular complexity index is 732. The van der Waals surface area contributed by atoms with Gasteiger partial charge in [-0.05, 0) is 30.5 Å². The zero-order chi connectivity index (χ0) is 14.7. The summed E-state index contributed by atoms with van der Waals surface area (Å²) in [5.74, 6) is 0.413. The quantitative estimate of drug-likeness (QED) is 0.676. The van der Waals surface area contributed by atoms with Crippen LogP contribution >= 0.6 is 11.3 Å². The minimum atomic E-state index is -0.466. The van der Waals surface area contributed by atoms with Gasteiger partial charge in [-0.25, -0.2) is 9.78 Å². The van der Waals surface area contributed by atoms with Crippen LogP contribution in [-0.2, 0) is 4.74 Å². The first kappa shape index (κ1) is 13.6. The summed E-state index contributed by atoms with van der Waals surface area (Å²) in [6.45, 7) is 2.07. The fourth-order valence-electron chi connectivity index (χ4n) is 1.94. The van der Waals surface area contributed by atoms with E-state index in [2.05, 4.69) is 4.98 Å². The monoisotopic (exact) mass is 299 g/mol. The van der Waals surface area contributed by atoms with Crippen LogP contribution in [0.5, 0.6) is 0 Å². The molecule has 2 aromatic heterocycles. The number of esters is 1. The van der Waals surface area contributed by atoms with E-state index in [9.17, 15) is 4.79 Å². The molecular formula is C16H13NO3S. The number of benzene rings is 1. The fourth-order valence-corrected chi connectivity index (χ4v) is 2.64. The number of aromatic nitrogens is 1. The molecule has 4 nitrogen and oxygen atoms in total. The summed E-state index contributed by atoms with van der Waals surface area (Å²) in [6, 6.07) is 13.3. The van der Waals surface area contributed by atoms with Crippen LogP contribution in [0.25, 0.3) is 22.1 Å². The third-order valence-electron chi connectivity index (χ3n) is 2.86. The van der Waals surface area contributed by atoms with Crippen molar-refractivity contribution in [3.05, 3.63) is 53.5 Å². The maximum Gasteiger partial charge on any atom is 0.361 e. The van der Waals surface area contributed by atoms with Gasteiger partial charge >= 0.3 is 5.97 Å². The second kappa shape index (κ2) is 5.93. The lowest BCUT2D eigenvalue weighted by molar-refractivity contribution is 0.0520. The molecule has 0 aliphatic rings. The first-order chi connectivity index (χ1) is 10.3. The normalized spacial score (nSPS) is 10.5. The number of thiophene rings is 1. The topological polar surface area (TPSA) is 52.3 Å². The SMILES string of the molecule is CCOC(=O)c1nc(-c2ccccc2)oc1-c1cccs1. The van der Waals surface area contributed by atoms with Gasteiger partial charge in [0.2, 0.25) is 5.89 Å². The highest BCUT2D eigenvalue weighted by atomic mass is 32.1. The number of carbonyl (C=O) groups is 1. The molecule has 3 aromatic rings. The van der Waals surface area contributed by atoms with E-state index in [4.69, 9.17) is 9.15 Å². The summed E-state index contributed by atoms with van der Waals surface area (Å²) in [5.41, 5.74) is 1.05. The predicted octanol–water partition coefficient (Wildman–Crippen LogP) is 4.25. The van der Waals surface area contributed by atoms with Gasteiger partial charge in [0.1, 0.15) is 0 Å². The Morgan fingerprint density at radius 3 is 2.71 bits per heavy atom. The number of ether oxygens (including phenoxy) is 1. The van der Waals surface area contributed by atoms with Crippen LogP contribution in [0.1, 0.15) is 17.4 Å². The summed E-state index contributed by atoms with van der Waals surface area (Å²) in [4.78, 5) is 17.2. The minimum Gasteiger partial charge on any atom is -0.461 e. The van der Waals surface area contributed by atoms with E-state index in [1.165, 1.54) is 11.3 Å². The number of nitrogens with zero attached hydrogens (tertiary/aromatic N) is 1. The van der Waals surface area contributed by atoms with E-state index in [1.54, 1.807) is 6.92 Å². The van der Waals surface area contributed by atoms with Crippen molar-refractivity contribution < 1.29 is 13.9 Å². The molecule has 2 heterocycles. The van der Waals surface area contributed by atoms with Crippen LogP contribution in [0.3, 0.4) is 0 Å². The lowest BCUT2D eigenvalue weighted by Crippen LogP contribution is -2.06. The second-order valence-corrected chi connectivity index (χ2v) is 5.21. The summed E-state index contributed by atoms with van der Waals surface area (Å²) < 4.78 is 10.9. The highest BCUT2D eigenvalue weighted by Crippen LogP contribution is 2.32. The van der Waals surface area contributed by atoms with Crippen LogP contribution in [0.4, 0.5) is 0 Å². The first-order valence-corrected chi connectivity index (χ1v) is 7.44. The molecule has 0 fully saturated rings. The van der Waals surface area contributed by atoms with Crippen molar-refractivity contribution in [3.8, 4) is 22.1 Å². The van der Waals surface area contributed by atoms with E-state index >= 15 is 0 Å². The molecule has 0 aliphatic carbocycles. The summed E-state index contributed by atoms with van der Waals surface area (Å²) in [6.07, 6.45) is 0. The van der Waals surface area contributed by atoms with Crippen molar-refractivity contribution in [2.45, 2.75) is 6.92 Å². The molecule has 0 amide bonds. The maximum absolute atomic E-state index is 12.1. The predicted molar refractivity (Wildman–Crippen MR) is 81.2 cm³/mol. The number of carbonyl (C=O) groups excluding carboxylic acids is 1. The largest absolute Gasteiger partial charge is 0.461 e. The van der Waals surface area contributed by atoms with E-state index < -0.39 is 5.97 Å². The van der Waals surface area contributed by atoms with Gasteiger partial charge in [0, 0.05) is 5.56 Å². The Balaban J connectivity index is 2.09. The Labute approximate surface area is 126 Å². The molecule has 0 aliphatic heterocycles. The standard InChI is InChI=1S/C16H13NO3S/c1-2-19-16(18)13-14(12-9-6-10-21-12)20-15(17-13)11-7-4-3-5-8-11/h3-10H,2H2,1H3.